The number of aromatic nitrogens is 1. The van der Waals surface area contributed by atoms with E-state index < -0.39 is 0 Å². The van der Waals surface area contributed by atoms with Crippen molar-refractivity contribution in [2.75, 3.05) is 51.9 Å². The second kappa shape index (κ2) is 11.0. The van der Waals surface area contributed by atoms with Gasteiger partial charge in [0.15, 0.2) is 5.96 Å². The lowest BCUT2D eigenvalue weighted by atomic mass is 10.1. The Hall–Kier alpha value is -2.38. The molecule has 3 rings (SSSR count). The summed E-state index contributed by atoms with van der Waals surface area (Å²) in [5, 5.41) is 7.87. The number of para-hydroxylation sites is 1. The van der Waals surface area contributed by atoms with Crippen molar-refractivity contribution in [2.45, 2.75) is 32.4 Å². The predicted molar refractivity (Wildman–Crippen MR) is 119 cm³/mol. The zero-order chi connectivity index (χ0) is 20.5. The van der Waals surface area contributed by atoms with Crippen LogP contribution < -0.4 is 15.5 Å². The molecule has 1 fully saturated rings. The normalized spacial score (nSPS) is 16.9. The number of ether oxygens (including phenoxy) is 2. The van der Waals surface area contributed by atoms with Gasteiger partial charge in [-0.25, -0.2) is 9.98 Å². The molecule has 0 saturated carbocycles. The van der Waals surface area contributed by atoms with E-state index >= 15 is 0 Å². The molecular weight excluding hydrogens is 366 g/mol. The first-order valence-electron chi connectivity index (χ1n) is 10.4. The summed E-state index contributed by atoms with van der Waals surface area (Å²) < 4.78 is 11.2. The Morgan fingerprint density at radius 1 is 1.31 bits per heavy atom. The highest BCUT2D eigenvalue weighted by atomic mass is 16.5. The third-order valence-corrected chi connectivity index (χ3v) is 4.85. The van der Waals surface area contributed by atoms with Gasteiger partial charge in [0.1, 0.15) is 5.82 Å². The van der Waals surface area contributed by atoms with E-state index in [1.807, 2.05) is 37.2 Å². The molecule has 29 heavy (non-hydrogen) atoms. The van der Waals surface area contributed by atoms with Crippen LogP contribution in [-0.4, -0.2) is 64.1 Å². The number of anilines is 1. The zero-order valence-electron chi connectivity index (χ0n) is 17.8. The summed E-state index contributed by atoms with van der Waals surface area (Å²) >= 11 is 0. The van der Waals surface area contributed by atoms with Crippen molar-refractivity contribution >= 4 is 22.7 Å². The number of pyridine rings is 1. The highest BCUT2D eigenvalue weighted by Crippen LogP contribution is 2.22. The van der Waals surface area contributed by atoms with Gasteiger partial charge in [0.25, 0.3) is 0 Å². The lowest BCUT2D eigenvalue weighted by Gasteiger charge is -2.15. The number of hydrogen-bond acceptors (Lipinski definition) is 5. The maximum atomic E-state index is 5.82. The van der Waals surface area contributed by atoms with Crippen molar-refractivity contribution in [1.82, 2.24) is 15.6 Å². The van der Waals surface area contributed by atoms with Crippen LogP contribution in [0, 0.1) is 0 Å². The third-order valence-electron chi connectivity index (χ3n) is 4.85. The van der Waals surface area contributed by atoms with Crippen LogP contribution in [0.2, 0.25) is 0 Å². The van der Waals surface area contributed by atoms with Gasteiger partial charge in [-0.2, -0.15) is 0 Å². The maximum absolute atomic E-state index is 5.82. The molecule has 2 N–H and O–H groups in total. The number of fused-ring (bicyclic) bond motifs is 1. The van der Waals surface area contributed by atoms with Gasteiger partial charge >= 0.3 is 0 Å². The summed E-state index contributed by atoms with van der Waals surface area (Å²) in [6, 6.07) is 10.3. The van der Waals surface area contributed by atoms with E-state index in [0.29, 0.717) is 6.54 Å². The minimum absolute atomic E-state index is 0.266. The van der Waals surface area contributed by atoms with Gasteiger partial charge in [-0.3, -0.25) is 0 Å². The molecule has 7 nitrogen and oxygen atoms in total. The van der Waals surface area contributed by atoms with Gasteiger partial charge in [-0.05, 0) is 37.5 Å². The average Bonchev–Trinajstić information content (AvgIpc) is 3.24. The summed E-state index contributed by atoms with van der Waals surface area (Å²) in [6.45, 7) is 6.59. The number of benzene rings is 1. The van der Waals surface area contributed by atoms with Crippen LogP contribution in [0.4, 0.5) is 5.82 Å². The molecule has 2 heterocycles. The molecule has 2 aromatic rings. The Morgan fingerprint density at radius 3 is 2.93 bits per heavy atom. The van der Waals surface area contributed by atoms with Crippen molar-refractivity contribution in [3.8, 4) is 0 Å². The molecule has 1 aliphatic heterocycles. The SMILES string of the molecule is CCNC(=NCc1cc(N(C)C)nc2ccccc12)NCCCOC1CCOC1. The Morgan fingerprint density at radius 2 is 2.17 bits per heavy atom. The quantitative estimate of drug-likeness (QED) is 0.384. The molecule has 1 aromatic carbocycles. The number of nitrogens with one attached hydrogen (secondary N) is 2. The van der Waals surface area contributed by atoms with Crippen molar-refractivity contribution in [1.29, 1.82) is 0 Å². The van der Waals surface area contributed by atoms with Gasteiger partial charge < -0.3 is 25.0 Å². The Bertz CT molecular complexity index is 803. The van der Waals surface area contributed by atoms with E-state index in [-0.39, 0.29) is 6.10 Å². The van der Waals surface area contributed by atoms with Crippen LogP contribution in [-0.2, 0) is 16.0 Å². The fourth-order valence-electron chi connectivity index (χ4n) is 3.27. The summed E-state index contributed by atoms with van der Waals surface area (Å²) in [4.78, 5) is 11.5. The molecule has 1 saturated heterocycles. The van der Waals surface area contributed by atoms with E-state index in [0.717, 1.165) is 68.4 Å². The van der Waals surface area contributed by atoms with Crippen molar-refractivity contribution in [3.05, 3.63) is 35.9 Å². The van der Waals surface area contributed by atoms with Gasteiger partial charge in [-0.1, -0.05) is 18.2 Å². The highest BCUT2D eigenvalue weighted by Gasteiger charge is 2.15. The first kappa shape index (κ1) is 21.3. The predicted octanol–water partition coefficient (Wildman–Crippen LogP) is 2.55. The fourth-order valence-corrected chi connectivity index (χ4v) is 3.27. The molecule has 1 atom stereocenters. The smallest absolute Gasteiger partial charge is 0.191 e. The van der Waals surface area contributed by atoms with Gasteiger partial charge in [-0.15, -0.1) is 0 Å². The lowest BCUT2D eigenvalue weighted by molar-refractivity contribution is 0.0420. The van der Waals surface area contributed by atoms with Crippen molar-refractivity contribution in [3.63, 3.8) is 0 Å². The van der Waals surface area contributed by atoms with Crippen molar-refractivity contribution in [2.24, 2.45) is 4.99 Å². The highest BCUT2D eigenvalue weighted by molar-refractivity contribution is 5.85. The summed E-state index contributed by atoms with van der Waals surface area (Å²) in [7, 11) is 4.02. The van der Waals surface area contributed by atoms with Crippen LogP contribution >= 0.6 is 0 Å². The largest absolute Gasteiger partial charge is 0.379 e. The van der Waals surface area contributed by atoms with E-state index in [1.165, 1.54) is 5.56 Å². The van der Waals surface area contributed by atoms with Gasteiger partial charge in [0.05, 0.1) is 24.8 Å². The third kappa shape index (κ3) is 6.30. The molecule has 158 valence electrons. The summed E-state index contributed by atoms with van der Waals surface area (Å²) in [5.74, 6) is 1.77. The summed E-state index contributed by atoms with van der Waals surface area (Å²) in [6.07, 6.45) is 2.21. The minimum Gasteiger partial charge on any atom is -0.379 e. The van der Waals surface area contributed by atoms with E-state index in [1.54, 1.807) is 0 Å². The molecule has 0 amide bonds. The number of hydrogen-bond donors (Lipinski definition) is 2. The molecular formula is C22H33N5O2. The standard InChI is InChI=1S/C22H33N5O2/c1-4-23-22(24-11-7-12-29-18-10-13-28-16-18)25-15-17-14-21(27(2)3)26-20-9-6-5-8-19(17)20/h5-6,8-9,14,18H,4,7,10-13,15-16H2,1-3H3,(H2,23,24,25). The van der Waals surface area contributed by atoms with Crippen LogP contribution in [0.5, 0.6) is 0 Å². The monoisotopic (exact) mass is 399 g/mol. The molecule has 0 bridgehead atoms. The molecule has 0 radical (unpaired) electrons. The van der Waals surface area contributed by atoms with Gasteiger partial charge in [0.2, 0.25) is 0 Å². The van der Waals surface area contributed by atoms with E-state index in [4.69, 9.17) is 19.5 Å². The second-order valence-corrected chi connectivity index (χ2v) is 7.38. The van der Waals surface area contributed by atoms with Gasteiger partial charge in [0, 0.05) is 45.8 Å². The lowest BCUT2D eigenvalue weighted by Crippen LogP contribution is -2.38. The van der Waals surface area contributed by atoms with Crippen molar-refractivity contribution < 1.29 is 9.47 Å². The Kier molecular flexibility index (Phi) is 8.07. The molecule has 1 aliphatic rings. The van der Waals surface area contributed by atoms with Crippen LogP contribution in [0.1, 0.15) is 25.3 Å². The number of rotatable bonds is 9. The van der Waals surface area contributed by atoms with E-state index in [9.17, 15) is 0 Å². The van der Waals surface area contributed by atoms with Crippen LogP contribution in [0.15, 0.2) is 35.3 Å². The first-order valence-corrected chi connectivity index (χ1v) is 10.4. The number of nitrogens with zero attached hydrogens (tertiary/aromatic N) is 3. The molecule has 0 spiro atoms. The zero-order valence-corrected chi connectivity index (χ0v) is 17.8. The molecule has 1 unspecified atom stereocenters. The number of guanidine groups is 1. The number of aliphatic imine (C=N–C) groups is 1. The second-order valence-electron chi connectivity index (χ2n) is 7.38. The molecule has 0 aliphatic carbocycles. The molecule has 7 heteroatoms. The van der Waals surface area contributed by atoms with E-state index in [2.05, 4.69) is 29.7 Å². The Labute approximate surface area is 173 Å². The average molecular weight is 400 g/mol. The minimum atomic E-state index is 0.266. The summed E-state index contributed by atoms with van der Waals surface area (Å²) in [5.41, 5.74) is 2.16. The van der Waals surface area contributed by atoms with Crippen LogP contribution in [0.3, 0.4) is 0 Å². The topological polar surface area (TPSA) is 71.0 Å². The maximum Gasteiger partial charge on any atom is 0.191 e. The molecule has 1 aromatic heterocycles. The Balaban J connectivity index is 1.60. The first-order chi connectivity index (χ1) is 14.2. The van der Waals surface area contributed by atoms with Crippen LogP contribution in [0.25, 0.3) is 10.9 Å². The fraction of sp³-hybridized carbons (Fsp3) is 0.545.